The van der Waals surface area contributed by atoms with Gasteiger partial charge in [0.25, 0.3) is 0 Å². The molecule has 3 atom stereocenters. The first-order chi connectivity index (χ1) is 9.01. The van der Waals surface area contributed by atoms with Crippen molar-refractivity contribution in [2.45, 2.75) is 51.9 Å². The summed E-state index contributed by atoms with van der Waals surface area (Å²) >= 11 is 1.76. The zero-order valence-electron chi connectivity index (χ0n) is 11.7. The Balaban J connectivity index is 1.94. The molecule has 1 fully saturated rings. The summed E-state index contributed by atoms with van der Waals surface area (Å²) in [7, 11) is 0. The van der Waals surface area contributed by atoms with Gasteiger partial charge in [-0.05, 0) is 45.2 Å². The molecule has 0 bridgehead atoms. The molecule has 0 aromatic carbocycles. The van der Waals surface area contributed by atoms with Crippen molar-refractivity contribution in [1.82, 2.24) is 5.32 Å². The van der Waals surface area contributed by atoms with E-state index in [0.29, 0.717) is 6.54 Å². The molecule has 19 heavy (non-hydrogen) atoms. The van der Waals surface area contributed by atoms with Crippen molar-refractivity contribution in [1.29, 1.82) is 0 Å². The SMILES string of the molecule is Cc1cc(C(C)NC(=O)[C@@H]2CC[C@H](CN)O2)c(C)s1. The molecule has 0 spiro atoms. The second-order valence-electron chi connectivity index (χ2n) is 5.16. The standard InChI is InChI=1S/C14H22N2O2S/c1-8-6-12(10(3)19-8)9(2)16-14(17)13-5-4-11(7-15)18-13/h6,9,11,13H,4-5,7,15H2,1-3H3,(H,16,17)/t9?,11-,13+/m1/s1. The molecule has 1 aliphatic heterocycles. The molecule has 1 saturated heterocycles. The van der Waals surface area contributed by atoms with Crippen LogP contribution in [0, 0.1) is 13.8 Å². The van der Waals surface area contributed by atoms with Gasteiger partial charge >= 0.3 is 0 Å². The van der Waals surface area contributed by atoms with Crippen LogP contribution in [0.4, 0.5) is 0 Å². The van der Waals surface area contributed by atoms with Gasteiger partial charge in [0.05, 0.1) is 12.1 Å². The third-order valence-corrected chi connectivity index (χ3v) is 4.55. The maximum absolute atomic E-state index is 12.1. The second-order valence-corrected chi connectivity index (χ2v) is 6.62. The molecular formula is C14H22N2O2S. The van der Waals surface area contributed by atoms with Crippen LogP contribution in [0.3, 0.4) is 0 Å². The number of hydrogen-bond donors (Lipinski definition) is 2. The number of carbonyl (C=O) groups is 1. The number of carbonyl (C=O) groups excluding carboxylic acids is 1. The lowest BCUT2D eigenvalue weighted by atomic mass is 10.1. The highest BCUT2D eigenvalue weighted by Gasteiger charge is 2.30. The quantitative estimate of drug-likeness (QED) is 0.888. The largest absolute Gasteiger partial charge is 0.364 e. The summed E-state index contributed by atoms with van der Waals surface area (Å²) in [5.41, 5.74) is 6.75. The number of nitrogens with two attached hydrogens (primary N) is 1. The summed E-state index contributed by atoms with van der Waals surface area (Å²) in [4.78, 5) is 14.7. The topological polar surface area (TPSA) is 64.4 Å². The Hall–Kier alpha value is -0.910. The number of ether oxygens (including phenoxy) is 1. The average molecular weight is 282 g/mol. The molecule has 1 amide bonds. The molecule has 0 aliphatic carbocycles. The number of thiophene rings is 1. The summed E-state index contributed by atoms with van der Waals surface area (Å²) in [6.45, 7) is 6.68. The van der Waals surface area contributed by atoms with E-state index < -0.39 is 0 Å². The van der Waals surface area contributed by atoms with Crippen LogP contribution in [0.25, 0.3) is 0 Å². The molecule has 4 nitrogen and oxygen atoms in total. The van der Waals surface area contributed by atoms with E-state index in [-0.39, 0.29) is 24.2 Å². The van der Waals surface area contributed by atoms with E-state index in [1.54, 1.807) is 11.3 Å². The van der Waals surface area contributed by atoms with Crippen LogP contribution in [0.1, 0.15) is 41.1 Å². The molecule has 2 heterocycles. The van der Waals surface area contributed by atoms with E-state index in [0.717, 1.165) is 12.8 Å². The normalized spacial score (nSPS) is 24.4. The van der Waals surface area contributed by atoms with Gasteiger partial charge in [-0.25, -0.2) is 0 Å². The van der Waals surface area contributed by atoms with Crippen molar-refractivity contribution in [2.75, 3.05) is 6.54 Å². The zero-order chi connectivity index (χ0) is 14.0. The van der Waals surface area contributed by atoms with Crippen molar-refractivity contribution in [2.24, 2.45) is 5.73 Å². The molecule has 2 rings (SSSR count). The number of nitrogens with one attached hydrogen (secondary N) is 1. The minimum atomic E-state index is -0.337. The van der Waals surface area contributed by atoms with E-state index in [1.165, 1.54) is 15.3 Å². The lowest BCUT2D eigenvalue weighted by Gasteiger charge is -2.17. The van der Waals surface area contributed by atoms with Gasteiger partial charge in [0.1, 0.15) is 6.10 Å². The molecule has 1 aromatic heterocycles. The fourth-order valence-corrected chi connectivity index (χ4v) is 3.56. The van der Waals surface area contributed by atoms with Gasteiger partial charge in [-0.2, -0.15) is 0 Å². The van der Waals surface area contributed by atoms with Crippen LogP contribution in [0.2, 0.25) is 0 Å². The number of rotatable bonds is 4. The van der Waals surface area contributed by atoms with Crippen LogP contribution >= 0.6 is 11.3 Å². The summed E-state index contributed by atoms with van der Waals surface area (Å²) in [6.07, 6.45) is 1.34. The first-order valence-corrected chi connectivity index (χ1v) is 7.55. The van der Waals surface area contributed by atoms with Gasteiger partial charge < -0.3 is 15.8 Å². The van der Waals surface area contributed by atoms with Crippen LogP contribution in [0.15, 0.2) is 6.07 Å². The molecule has 1 aliphatic rings. The zero-order valence-corrected chi connectivity index (χ0v) is 12.5. The Morgan fingerprint density at radius 3 is 2.84 bits per heavy atom. The van der Waals surface area contributed by atoms with Crippen LogP contribution in [0.5, 0.6) is 0 Å². The number of aryl methyl sites for hydroxylation is 2. The van der Waals surface area contributed by atoms with E-state index >= 15 is 0 Å². The van der Waals surface area contributed by atoms with Gasteiger partial charge in [0.2, 0.25) is 5.91 Å². The van der Waals surface area contributed by atoms with Crippen molar-refractivity contribution in [3.8, 4) is 0 Å². The van der Waals surface area contributed by atoms with Crippen molar-refractivity contribution in [3.05, 3.63) is 21.4 Å². The molecule has 1 unspecified atom stereocenters. The van der Waals surface area contributed by atoms with Crippen LogP contribution < -0.4 is 11.1 Å². The minimum absolute atomic E-state index is 0.0216. The molecule has 5 heteroatoms. The molecule has 0 saturated carbocycles. The molecule has 0 radical (unpaired) electrons. The highest BCUT2D eigenvalue weighted by Crippen LogP contribution is 2.27. The minimum Gasteiger partial charge on any atom is -0.364 e. The lowest BCUT2D eigenvalue weighted by Crippen LogP contribution is -2.37. The Morgan fingerprint density at radius 2 is 2.32 bits per heavy atom. The summed E-state index contributed by atoms with van der Waals surface area (Å²) in [5.74, 6) is -0.0216. The highest BCUT2D eigenvalue weighted by molar-refractivity contribution is 7.12. The molecule has 106 valence electrons. The smallest absolute Gasteiger partial charge is 0.249 e. The van der Waals surface area contributed by atoms with Crippen molar-refractivity contribution < 1.29 is 9.53 Å². The summed E-state index contributed by atoms with van der Waals surface area (Å²) in [5, 5.41) is 3.04. The van der Waals surface area contributed by atoms with Gasteiger partial charge in [0.15, 0.2) is 0 Å². The summed E-state index contributed by atoms with van der Waals surface area (Å²) < 4.78 is 5.61. The number of hydrogen-bond acceptors (Lipinski definition) is 4. The van der Waals surface area contributed by atoms with Gasteiger partial charge in [0, 0.05) is 16.3 Å². The van der Waals surface area contributed by atoms with Crippen LogP contribution in [-0.4, -0.2) is 24.7 Å². The third kappa shape index (κ3) is 3.35. The molecule has 1 aromatic rings. The van der Waals surface area contributed by atoms with Gasteiger partial charge in [-0.1, -0.05) is 0 Å². The van der Waals surface area contributed by atoms with Gasteiger partial charge in [-0.3, -0.25) is 4.79 Å². The van der Waals surface area contributed by atoms with E-state index in [4.69, 9.17) is 10.5 Å². The average Bonchev–Trinajstić information content (AvgIpc) is 2.95. The predicted molar refractivity (Wildman–Crippen MR) is 77.3 cm³/mol. The fourth-order valence-electron chi connectivity index (χ4n) is 2.54. The Bertz CT molecular complexity index is 458. The number of amides is 1. The fraction of sp³-hybridized carbons (Fsp3) is 0.643. The van der Waals surface area contributed by atoms with Crippen molar-refractivity contribution >= 4 is 17.2 Å². The molecular weight excluding hydrogens is 260 g/mol. The van der Waals surface area contributed by atoms with Crippen LogP contribution in [-0.2, 0) is 9.53 Å². The summed E-state index contributed by atoms with van der Waals surface area (Å²) in [6, 6.07) is 2.17. The first-order valence-electron chi connectivity index (χ1n) is 6.74. The first kappa shape index (κ1) is 14.5. The lowest BCUT2D eigenvalue weighted by molar-refractivity contribution is -0.132. The Labute approximate surface area is 118 Å². The molecule has 3 N–H and O–H groups in total. The van der Waals surface area contributed by atoms with Gasteiger partial charge in [-0.15, -0.1) is 11.3 Å². The van der Waals surface area contributed by atoms with E-state index in [9.17, 15) is 4.79 Å². The maximum atomic E-state index is 12.1. The third-order valence-electron chi connectivity index (χ3n) is 3.57. The van der Waals surface area contributed by atoms with E-state index in [1.807, 2.05) is 6.92 Å². The second kappa shape index (κ2) is 6.03. The predicted octanol–water partition coefficient (Wildman–Crippen LogP) is 2.05. The monoisotopic (exact) mass is 282 g/mol. The van der Waals surface area contributed by atoms with E-state index in [2.05, 4.69) is 25.2 Å². The highest BCUT2D eigenvalue weighted by atomic mass is 32.1. The maximum Gasteiger partial charge on any atom is 0.249 e. The van der Waals surface area contributed by atoms with Crippen molar-refractivity contribution in [3.63, 3.8) is 0 Å². The Kier molecular flexibility index (Phi) is 4.60. The Morgan fingerprint density at radius 1 is 1.58 bits per heavy atom.